The van der Waals surface area contributed by atoms with Crippen LogP contribution < -0.4 is 0 Å². The number of para-hydroxylation sites is 6. The summed E-state index contributed by atoms with van der Waals surface area (Å²) >= 11 is 24.2. The molecule has 1 saturated carbocycles. The summed E-state index contributed by atoms with van der Waals surface area (Å²) < 4.78 is 84.7. The van der Waals surface area contributed by atoms with Crippen LogP contribution in [0.5, 0.6) is 0 Å². The zero-order valence-electron chi connectivity index (χ0n) is 78.4. The maximum atomic E-state index is 13.6. The first-order chi connectivity index (χ1) is 67.1. The van der Waals surface area contributed by atoms with E-state index in [1.165, 1.54) is 103 Å². The normalized spacial score (nSPS) is 12.7. The molecule has 6 aromatic heterocycles. The van der Waals surface area contributed by atoms with Gasteiger partial charge in [-0.3, -0.25) is 29.4 Å². The summed E-state index contributed by atoms with van der Waals surface area (Å²) in [6, 6.07) is 87.6. The van der Waals surface area contributed by atoms with Crippen LogP contribution in [0.3, 0.4) is 0 Å². The van der Waals surface area contributed by atoms with Crippen LogP contribution in [0.2, 0.25) is 20.1 Å². The molecule has 19 rings (SSSR count). The second kappa shape index (κ2) is 51.0. The highest BCUT2D eigenvalue weighted by Gasteiger charge is 2.34. The Balaban J connectivity index is 0.000000132. The molecule has 1 fully saturated rings. The Morgan fingerprint density at radius 1 is 0.297 bits per heavy atom. The molecule has 1 aliphatic rings. The lowest BCUT2D eigenvalue weighted by molar-refractivity contribution is -0.140. The molecule has 1 aliphatic carbocycles. The van der Waals surface area contributed by atoms with Crippen molar-refractivity contribution >= 4 is 153 Å². The lowest BCUT2D eigenvalue weighted by atomic mass is 10.0. The topological polar surface area (TPSA) is 98.3 Å². The summed E-state index contributed by atoms with van der Waals surface area (Å²) in [5.41, 5.74) is 16.3. The van der Waals surface area contributed by atoms with Gasteiger partial charge in [-0.1, -0.05) is 326 Å². The number of furan rings is 6. The van der Waals surface area contributed by atoms with Gasteiger partial charge in [-0.2, -0.15) is 13.2 Å². The van der Waals surface area contributed by atoms with E-state index < -0.39 is 17.6 Å². The van der Waals surface area contributed by atoms with Gasteiger partial charge in [0.1, 0.15) is 39.3 Å². The van der Waals surface area contributed by atoms with E-state index in [4.69, 9.17) is 72.9 Å². The highest BCUT2D eigenvalue weighted by Crippen LogP contribution is 2.35. The van der Waals surface area contributed by atoms with Gasteiger partial charge in [-0.15, -0.1) is 0 Å². The van der Waals surface area contributed by atoms with Crippen LogP contribution in [-0.4, -0.2) is 111 Å². The van der Waals surface area contributed by atoms with Crippen LogP contribution in [0, 0.1) is 11.7 Å². The van der Waals surface area contributed by atoms with Crippen molar-refractivity contribution in [2.75, 3.05) is 81.6 Å². The van der Waals surface area contributed by atoms with Gasteiger partial charge in [0.2, 0.25) is 0 Å². The number of halogens is 8. The van der Waals surface area contributed by atoms with E-state index in [0.29, 0.717) is 28.7 Å². The van der Waals surface area contributed by atoms with E-state index in [-0.39, 0.29) is 0 Å². The van der Waals surface area contributed by atoms with Crippen LogP contribution in [0.1, 0.15) is 92.4 Å². The van der Waals surface area contributed by atoms with Crippen LogP contribution >= 0.6 is 46.4 Å². The maximum Gasteiger partial charge on any atom is 0.419 e. The molecule has 6 heterocycles. The minimum atomic E-state index is -4.68. The molecule has 18 aromatic rings. The number of likely N-dealkylation sites (N-methyl/N-ethyl adjacent to an activating group) is 6. The average molecular weight is 1930 g/mol. The number of nitrogens with zero attached hydrogens (tertiary/aromatic N) is 6. The Bertz CT molecular complexity index is 7120. The summed E-state index contributed by atoms with van der Waals surface area (Å²) in [6.07, 6.45) is 37.0. The second-order valence-corrected chi connectivity index (χ2v) is 36.4. The first-order valence-electron chi connectivity index (χ1n) is 46.2. The van der Waals surface area contributed by atoms with Gasteiger partial charge in [-0.05, 0) is 178 Å². The van der Waals surface area contributed by atoms with Gasteiger partial charge in [0, 0.05) is 164 Å². The highest BCUT2D eigenvalue weighted by atomic mass is 35.5. The molecule has 708 valence electrons. The first kappa shape index (κ1) is 101. The standard InChI is InChI=1S/C23H21NO.C20H17F4NO.C19H17Cl2NO.2C19H18ClNO.C18H23NO/c1-24(16-20-17-25-23-14-5-4-13-22(20)23)15-7-11-19-10-6-9-18-8-2-3-12-21(18)19;1-25(12-15-13-26-19-7-3-2-6-16(15)19)10-4-5-14-8-9-17(18(21)11-14)20(22,23)24;1-22(10-4-5-14-8-9-16(20)11-18(14)21)12-15-13-23-19-7-3-2-6-17(15)19;1-21(12-6-8-15-7-2-4-10-18(15)20)13-16-14-22-19-11-5-3-9-17(16)19;1-21(11-5-7-15-6-4-8-17(20)12-15)13-16-14-22-19-10-3-2-9-18(16)19;1-19(12-6-9-15-7-2-3-8-15)13-16-14-20-18-11-5-4-10-17(16)18/h2-14,17H,15-16H2,1H3;2-9,11,13H,10,12H2,1H3;2-9,11,13H,10,12H2,1H3;2-11,14H,12-13H2,1H3;2-10,12,14H,11,13H2,1H3;4-6,9-11,14-15H,2-3,7-8,12-13H2,1H3/b11-7+;2*5-4+;8-6+;7-5+;9-6+. The number of hydrogen-bond donors (Lipinski definition) is 0. The molecule has 0 aliphatic heterocycles. The van der Waals surface area contributed by atoms with Crippen molar-refractivity contribution in [3.05, 3.63) is 446 Å². The van der Waals surface area contributed by atoms with E-state index in [9.17, 15) is 17.6 Å². The van der Waals surface area contributed by atoms with Crippen molar-refractivity contribution in [3.8, 4) is 0 Å². The van der Waals surface area contributed by atoms with E-state index in [2.05, 4.69) is 199 Å². The first-order valence-corrected chi connectivity index (χ1v) is 47.7. The summed E-state index contributed by atoms with van der Waals surface area (Å²) in [7, 11) is 12.5. The van der Waals surface area contributed by atoms with E-state index >= 15 is 0 Å². The number of fused-ring (bicyclic) bond motifs is 7. The predicted octanol–water partition coefficient (Wildman–Crippen LogP) is 32.4. The average Bonchev–Trinajstić information content (AvgIpc) is 0.984. The van der Waals surface area contributed by atoms with Crippen molar-refractivity contribution in [1.29, 1.82) is 0 Å². The smallest absolute Gasteiger partial charge is 0.419 e. The Kier molecular flexibility index (Phi) is 37.4. The fourth-order valence-corrected chi connectivity index (χ4v) is 17.4. The number of allylic oxidation sites excluding steroid dienone is 1. The van der Waals surface area contributed by atoms with Gasteiger partial charge in [-0.25, -0.2) is 4.39 Å². The molecule has 0 unspecified atom stereocenters. The Labute approximate surface area is 825 Å². The maximum absolute atomic E-state index is 13.6. The SMILES string of the molecule is CN(C/C=C/C1CCCC1)Cc1coc2ccccc12.CN(C/C=C/c1ccc(C(F)(F)F)c(F)c1)Cc1coc2ccccc12.CN(C/C=C/c1ccc(Cl)cc1Cl)Cc1coc2ccccc12.CN(C/C=C/c1cccc(Cl)c1)Cc1coc2ccccc12.CN(C/C=C/c1cccc2ccccc12)Cc1coc2ccccc12.CN(C/C=C/c1ccccc1Cl)Cc1coc2ccccc12. The Hall–Kier alpha value is -12.8. The zero-order chi connectivity index (χ0) is 96.5. The quantitative estimate of drug-likeness (QED) is 0.0317. The third-order valence-electron chi connectivity index (χ3n) is 23.7. The number of hydrogen-bond acceptors (Lipinski definition) is 12. The summed E-state index contributed by atoms with van der Waals surface area (Å²) in [5.74, 6) is -0.434. The molecule has 0 spiro atoms. The molecule has 0 radical (unpaired) electrons. The van der Waals surface area contributed by atoms with Crippen molar-refractivity contribution in [2.24, 2.45) is 5.92 Å². The minimum Gasteiger partial charge on any atom is -0.464 e. The van der Waals surface area contributed by atoms with Crippen LogP contribution in [0.15, 0.2) is 380 Å². The van der Waals surface area contributed by atoms with Crippen LogP contribution in [-0.2, 0) is 45.4 Å². The van der Waals surface area contributed by atoms with Gasteiger partial charge in [0.25, 0.3) is 0 Å². The summed E-state index contributed by atoms with van der Waals surface area (Å²) in [4.78, 5) is 13.4. The molecular formula is C118H114Cl4F4N6O6. The molecule has 0 N–H and O–H groups in total. The van der Waals surface area contributed by atoms with Crippen molar-refractivity contribution in [2.45, 2.75) is 71.1 Å². The largest absolute Gasteiger partial charge is 0.464 e. The molecular weight excluding hydrogens is 1820 g/mol. The molecule has 12 aromatic carbocycles. The van der Waals surface area contributed by atoms with Gasteiger partial charge >= 0.3 is 6.18 Å². The molecule has 12 nitrogen and oxygen atoms in total. The molecule has 0 amide bonds. The highest BCUT2D eigenvalue weighted by molar-refractivity contribution is 6.35. The number of rotatable bonds is 30. The van der Waals surface area contributed by atoms with Gasteiger partial charge in [0.05, 0.1) is 43.1 Å². The number of alkyl halides is 3. The van der Waals surface area contributed by atoms with Crippen molar-refractivity contribution < 1.29 is 44.1 Å². The molecule has 138 heavy (non-hydrogen) atoms. The molecule has 0 bridgehead atoms. The lowest BCUT2D eigenvalue weighted by Gasteiger charge is -2.13. The van der Waals surface area contributed by atoms with Crippen LogP contribution in [0.4, 0.5) is 17.6 Å². The monoisotopic (exact) mass is 1930 g/mol. The minimum absolute atomic E-state index is 0.387. The van der Waals surface area contributed by atoms with Crippen LogP contribution in [0.25, 0.3) is 107 Å². The molecule has 0 atom stereocenters. The van der Waals surface area contributed by atoms with Crippen molar-refractivity contribution in [3.63, 3.8) is 0 Å². The Morgan fingerprint density at radius 2 is 0.609 bits per heavy atom. The number of benzene rings is 12. The predicted molar refractivity (Wildman–Crippen MR) is 566 cm³/mol. The Morgan fingerprint density at radius 3 is 0.986 bits per heavy atom. The van der Waals surface area contributed by atoms with Gasteiger partial charge in [0.15, 0.2) is 0 Å². The summed E-state index contributed by atoms with van der Waals surface area (Å²) in [6.45, 7) is 10.00. The molecule has 20 heteroatoms. The third-order valence-corrected chi connectivity index (χ3v) is 24.8. The fourth-order valence-electron chi connectivity index (χ4n) is 16.6. The van der Waals surface area contributed by atoms with Crippen molar-refractivity contribution in [1.82, 2.24) is 29.4 Å². The van der Waals surface area contributed by atoms with E-state index in [1.807, 2.05) is 213 Å². The summed E-state index contributed by atoms with van der Waals surface area (Å²) in [5, 5.41) is 12.5. The third kappa shape index (κ3) is 29.9. The van der Waals surface area contributed by atoms with E-state index in [1.54, 1.807) is 24.5 Å². The van der Waals surface area contributed by atoms with Gasteiger partial charge < -0.3 is 26.5 Å². The fraction of sp³-hybridized carbons (Fsp3) is 0.203. The second-order valence-electron chi connectivity index (χ2n) is 34.8. The zero-order valence-corrected chi connectivity index (χ0v) is 81.4. The molecule has 0 saturated heterocycles. The van der Waals surface area contributed by atoms with E-state index in [0.717, 1.165) is 155 Å². The lowest BCUT2D eigenvalue weighted by Crippen LogP contribution is -2.17.